The van der Waals surface area contributed by atoms with Gasteiger partial charge in [0, 0.05) is 0 Å². The molecule has 0 aromatic rings. The van der Waals surface area contributed by atoms with Gasteiger partial charge in [-0.2, -0.15) is 36.9 Å². The van der Waals surface area contributed by atoms with E-state index >= 15 is 0 Å². The lowest BCUT2D eigenvalue weighted by atomic mass is 9.88. The summed E-state index contributed by atoms with van der Waals surface area (Å²) in [4.78, 5) is 0. The molecule has 0 rings (SSSR count). The van der Waals surface area contributed by atoms with E-state index in [1.54, 1.807) is 0 Å². The maximum Gasteiger partial charge on any atom is 0.428 e. The predicted molar refractivity (Wildman–Crippen MR) is 31.8 cm³/mol. The number of nitriles is 2. The molecule has 0 amide bonds. The molecule has 0 atom stereocenters. The number of rotatable bonds is 1. The molecule has 0 bridgehead atoms. The fourth-order valence-electron chi connectivity index (χ4n) is 0.704. The first kappa shape index (κ1) is 13.5. The van der Waals surface area contributed by atoms with Crippen molar-refractivity contribution >= 4 is 0 Å². The van der Waals surface area contributed by atoms with Crippen LogP contribution in [0.5, 0.6) is 0 Å². The molecule has 9 heteroatoms. The van der Waals surface area contributed by atoms with E-state index < -0.39 is 23.9 Å². The fraction of sp³-hybridized carbons (Fsp3) is 0.667. The first-order chi connectivity index (χ1) is 6.52. The van der Waals surface area contributed by atoms with Crippen LogP contribution in [0.4, 0.5) is 26.3 Å². The van der Waals surface area contributed by atoms with Crippen molar-refractivity contribution in [3.63, 3.8) is 0 Å². The van der Waals surface area contributed by atoms with Gasteiger partial charge in [0.1, 0.15) is 0 Å². The number of hydrogen-bond donors (Lipinski definition) is 1. The van der Waals surface area contributed by atoms with Crippen molar-refractivity contribution in [2.75, 3.05) is 0 Å². The van der Waals surface area contributed by atoms with Crippen LogP contribution in [0.2, 0.25) is 0 Å². The number of hydrogen-bond acceptors (Lipinski definition) is 3. The Morgan fingerprint density at radius 2 is 1.13 bits per heavy atom. The summed E-state index contributed by atoms with van der Waals surface area (Å²) in [5.74, 6) is -3.27. The van der Waals surface area contributed by atoms with Crippen LogP contribution in [-0.4, -0.2) is 23.1 Å². The van der Waals surface area contributed by atoms with Gasteiger partial charge in [0.05, 0.1) is 12.1 Å². The molecule has 0 heterocycles. The highest BCUT2D eigenvalue weighted by molar-refractivity contribution is 5.16. The lowest BCUT2D eigenvalue weighted by molar-refractivity contribution is -0.374. The molecular weight excluding hydrogens is 230 g/mol. The Hall–Kier alpha value is -1.48. The summed E-state index contributed by atoms with van der Waals surface area (Å²) in [5, 5.41) is 24.4. The van der Waals surface area contributed by atoms with Crippen LogP contribution >= 0.6 is 0 Å². The van der Waals surface area contributed by atoms with Crippen molar-refractivity contribution < 1.29 is 31.4 Å². The van der Waals surface area contributed by atoms with E-state index in [-0.39, 0.29) is 0 Å². The van der Waals surface area contributed by atoms with Gasteiger partial charge in [-0.05, 0) is 0 Å². The number of nitrogens with zero attached hydrogens (tertiary/aromatic N) is 2. The molecule has 0 unspecified atom stereocenters. The second kappa shape index (κ2) is 3.59. The van der Waals surface area contributed by atoms with Crippen LogP contribution < -0.4 is 0 Å². The second-order valence-electron chi connectivity index (χ2n) is 2.45. The van der Waals surface area contributed by atoms with Crippen molar-refractivity contribution in [3.05, 3.63) is 0 Å². The highest BCUT2D eigenvalue weighted by Gasteiger charge is 2.74. The van der Waals surface area contributed by atoms with E-state index in [2.05, 4.69) is 0 Å². The van der Waals surface area contributed by atoms with Crippen molar-refractivity contribution in [3.8, 4) is 12.1 Å². The molecule has 0 saturated carbocycles. The molecule has 0 radical (unpaired) electrons. The lowest BCUT2D eigenvalue weighted by Crippen LogP contribution is -2.61. The summed E-state index contributed by atoms with van der Waals surface area (Å²) >= 11 is 0. The molecule has 84 valence electrons. The average molecular weight is 232 g/mol. The first-order valence-electron chi connectivity index (χ1n) is 3.17. The maximum absolute atomic E-state index is 12.0. The van der Waals surface area contributed by atoms with E-state index in [0.717, 1.165) is 0 Å². The molecule has 15 heavy (non-hydrogen) atoms. The first-order valence-corrected chi connectivity index (χ1v) is 3.17. The van der Waals surface area contributed by atoms with E-state index in [1.807, 2.05) is 0 Å². The van der Waals surface area contributed by atoms with Crippen molar-refractivity contribution in [2.24, 2.45) is 5.92 Å². The Morgan fingerprint density at radius 1 is 0.867 bits per heavy atom. The largest absolute Gasteiger partial charge is 0.428 e. The third-order valence-electron chi connectivity index (χ3n) is 1.54. The summed E-state index contributed by atoms with van der Waals surface area (Å²) in [7, 11) is 0. The summed E-state index contributed by atoms with van der Waals surface area (Å²) in [6.07, 6.45) is -12.3. The van der Waals surface area contributed by atoms with E-state index in [1.165, 1.54) is 0 Å². The Labute approximate surface area is 79.1 Å². The van der Waals surface area contributed by atoms with Gasteiger partial charge in [-0.3, -0.25) is 0 Å². The van der Waals surface area contributed by atoms with E-state index in [4.69, 9.17) is 15.6 Å². The van der Waals surface area contributed by atoms with Crippen LogP contribution in [0, 0.1) is 28.6 Å². The number of aliphatic hydroxyl groups is 1. The molecule has 0 aromatic heterocycles. The molecule has 0 aliphatic rings. The smallest absolute Gasteiger partial charge is 0.372 e. The lowest BCUT2D eigenvalue weighted by Gasteiger charge is -2.32. The normalized spacial score (nSPS) is 13.5. The van der Waals surface area contributed by atoms with Gasteiger partial charge in [0.15, 0.2) is 5.92 Å². The minimum absolute atomic E-state index is 0.454. The minimum atomic E-state index is -6.15. The van der Waals surface area contributed by atoms with E-state index in [9.17, 15) is 26.3 Å². The summed E-state index contributed by atoms with van der Waals surface area (Å²) in [6.45, 7) is 0. The Morgan fingerprint density at radius 3 is 1.20 bits per heavy atom. The van der Waals surface area contributed by atoms with Crippen molar-refractivity contribution in [2.45, 2.75) is 18.0 Å². The van der Waals surface area contributed by atoms with Gasteiger partial charge in [-0.1, -0.05) is 0 Å². The van der Waals surface area contributed by atoms with Crippen LogP contribution in [0.1, 0.15) is 0 Å². The number of halogens is 6. The number of alkyl halides is 6. The van der Waals surface area contributed by atoms with Gasteiger partial charge < -0.3 is 5.11 Å². The topological polar surface area (TPSA) is 67.8 Å². The van der Waals surface area contributed by atoms with Gasteiger partial charge in [-0.15, -0.1) is 0 Å². The molecule has 0 fully saturated rings. The highest BCUT2D eigenvalue weighted by Crippen LogP contribution is 2.47. The summed E-state index contributed by atoms with van der Waals surface area (Å²) < 4.78 is 71.7. The third kappa shape index (κ3) is 1.97. The SMILES string of the molecule is N#CC(C#N)C(O)(C(F)(F)F)C(F)(F)F. The van der Waals surface area contributed by atoms with Gasteiger partial charge in [-0.25, -0.2) is 0 Å². The summed E-state index contributed by atoms with van der Waals surface area (Å²) in [5.41, 5.74) is -5.33. The molecule has 1 N–H and O–H groups in total. The van der Waals surface area contributed by atoms with Crippen LogP contribution in [0.25, 0.3) is 0 Å². The zero-order chi connectivity index (χ0) is 12.5. The highest BCUT2D eigenvalue weighted by atomic mass is 19.4. The van der Waals surface area contributed by atoms with Crippen LogP contribution in [0.3, 0.4) is 0 Å². The quantitative estimate of drug-likeness (QED) is 0.696. The van der Waals surface area contributed by atoms with Crippen LogP contribution in [-0.2, 0) is 0 Å². The molecule has 0 saturated heterocycles. The van der Waals surface area contributed by atoms with Crippen molar-refractivity contribution in [1.29, 1.82) is 10.5 Å². The summed E-state index contributed by atoms with van der Waals surface area (Å²) in [6, 6.07) is 0.909. The Kier molecular flexibility index (Phi) is 3.23. The van der Waals surface area contributed by atoms with Crippen LogP contribution in [0.15, 0.2) is 0 Å². The third-order valence-corrected chi connectivity index (χ3v) is 1.54. The van der Waals surface area contributed by atoms with Crippen molar-refractivity contribution in [1.82, 2.24) is 0 Å². The molecule has 0 aliphatic carbocycles. The maximum atomic E-state index is 12.0. The molecule has 3 nitrogen and oxygen atoms in total. The fourth-order valence-corrected chi connectivity index (χ4v) is 0.704. The second-order valence-corrected chi connectivity index (χ2v) is 2.45. The molecule has 0 aliphatic heterocycles. The van der Waals surface area contributed by atoms with E-state index in [0.29, 0.717) is 12.1 Å². The predicted octanol–water partition coefficient (Wildman–Crippen LogP) is 1.51. The molecular formula is C6H2F6N2O. The van der Waals surface area contributed by atoms with Gasteiger partial charge >= 0.3 is 12.4 Å². The Bertz CT molecular complexity index is 290. The average Bonchev–Trinajstić information content (AvgIpc) is 2.02. The minimum Gasteiger partial charge on any atom is -0.372 e. The molecule has 0 spiro atoms. The van der Waals surface area contributed by atoms with Gasteiger partial charge in [0.25, 0.3) is 5.60 Å². The van der Waals surface area contributed by atoms with Gasteiger partial charge in [0.2, 0.25) is 0 Å². The zero-order valence-corrected chi connectivity index (χ0v) is 6.69. The zero-order valence-electron chi connectivity index (χ0n) is 6.69. The molecule has 0 aromatic carbocycles. The monoisotopic (exact) mass is 232 g/mol. The Balaban J connectivity index is 5.67. The standard InChI is InChI=1S/C6H2F6N2O/c7-5(8,9)4(15,6(10,11)12)3(1-13)2-14/h3,15H.